The van der Waals surface area contributed by atoms with Crippen LogP contribution >= 0.6 is 0 Å². The van der Waals surface area contributed by atoms with Crippen LogP contribution in [-0.4, -0.2) is 14.9 Å². The molecule has 0 saturated heterocycles. The number of phenols is 1. The number of fused-ring (bicyclic) bond motifs is 1. The Morgan fingerprint density at radius 1 is 1.05 bits per heavy atom. The van der Waals surface area contributed by atoms with Gasteiger partial charge in [0.2, 0.25) is 0 Å². The number of para-hydroxylation sites is 1. The van der Waals surface area contributed by atoms with E-state index in [0.717, 1.165) is 22.0 Å². The Bertz CT molecular complexity index is 813. The Morgan fingerprint density at radius 3 is 2.38 bits per heavy atom. The first-order chi connectivity index (χ1) is 10.2. The minimum absolute atomic E-state index is 0.208. The molecule has 0 atom stereocenters. The minimum Gasteiger partial charge on any atom is -0.507 e. The third-order valence-electron chi connectivity index (χ3n) is 3.16. The number of rotatable bonds is 1. The summed E-state index contributed by atoms with van der Waals surface area (Å²) in [4.78, 5) is 0. The second-order valence-corrected chi connectivity index (χ2v) is 4.30. The summed E-state index contributed by atoms with van der Waals surface area (Å²) in [6.07, 6.45) is 0. The van der Waals surface area contributed by atoms with Crippen LogP contribution in [-0.2, 0) is 7.05 Å². The van der Waals surface area contributed by atoms with Gasteiger partial charge < -0.3 is 5.11 Å². The van der Waals surface area contributed by atoms with E-state index in [-0.39, 0.29) is 5.75 Å². The molecule has 0 unspecified atom stereocenters. The fourth-order valence-electron chi connectivity index (χ4n) is 2.27. The van der Waals surface area contributed by atoms with Gasteiger partial charge in [-0.2, -0.15) is 10.4 Å². The predicted octanol–water partition coefficient (Wildman–Crippen LogP) is 3.84. The van der Waals surface area contributed by atoms with Crippen LogP contribution in [0.4, 0.5) is 0 Å². The van der Waals surface area contributed by atoms with Crippen molar-refractivity contribution in [3.8, 4) is 22.9 Å². The normalized spacial score (nSPS) is 9.81. The lowest BCUT2D eigenvalue weighted by Gasteiger charge is -2.04. The largest absolute Gasteiger partial charge is 0.507 e. The quantitative estimate of drug-likeness (QED) is 0.736. The molecule has 4 nitrogen and oxygen atoms in total. The number of benzene rings is 2. The number of aromatic nitrogens is 2. The zero-order valence-corrected chi connectivity index (χ0v) is 12.3. The molecule has 1 heterocycles. The number of nitriles is 1. The molecule has 0 amide bonds. The number of hydrogen-bond donors (Lipinski definition) is 1. The first-order valence-corrected chi connectivity index (χ1v) is 6.86. The molecule has 0 bridgehead atoms. The van der Waals surface area contributed by atoms with Gasteiger partial charge in [-0.05, 0) is 12.1 Å². The highest BCUT2D eigenvalue weighted by Gasteiger charge is 2.14. The van der Waals surface area contributed by atoms with Gasteiger partial charge in [0.05, 0.1) is 0 Å². The average molecular weight is 279 g/mol. The van der Waals surface area contributed by atoms with Crippen molar-refractivity contribution < 1.29 is 5.11 Å². The minimum atomic E-state index is 0.208. The number of hydrogen-bond acceptors (Lipinski definition) is 3. The molecule has 21 heavy (non-hydrogen) atoms. The Labute approximate surface area is 123 Å². The van der Waals surface area contributed by atoms with E-state index in [0.29, 0.717) is 5.69 Å². The van der Waals surface area contributed by atoms with E-state index in [2.05, 4.69) is 11.2 Å². The lowest BCUT2D eigenvalue weighted by atomic mass is 10.0. The summed E-state index contributed by atoms with van der Waals surface area (Å²) < 4.78 is 1.56. The van der Waals surface area contributed by atoms with Crippen molar-refractivity contribution in [1.82, 2.24) is 9.78 Å². The van der Waals surface area contributed by atoms with Gasteiger partial charge in [0.1, 0.15) is 23.0 Å². The average Bonchev–Trinajstić information content (AvgIpc) is 2.85. The van der Waals surface area contributed by atoms with Crippen LogP contribution in [0.1, 0.15) is 19.5 Å². The monoisotopic (exact) mass is 279 g/mol. The van der Waals surface area contributed by atoms with Crippen LogP contribution in [0.3, 0.4) is 0 Å². The summed E-state index contributed by atoms with van der Waals surface area (Å²) in [6, 6.07) is 14.9. The number of aryl methyl sites for hydroxylation is 1. The Balaban J connectivity index is 0.000000774. The number of nitrogens with zero attached hydrogens (tertiary/aromatic N) is 3. The van der Waals surface area contributed by atoms with Crippen molar-refractivity contribution >= 4 is 10.9 Å². The van der Waals surface area contributed by atoms with E-state index in [1.54, 1.807) is 23.9 Å². The van der Waals surface area contributed by atoms with Gasteiger partial charge >= 0.3 is 0 Å². The molecule has 0 fully saturated rings. The molecule has 1 aromatic heterocycles. The highest BCUT2D eigenvalue weighted by molar-refractivity contribution is 5.97. The highest BCUT2D eigenvalue weighted by atomic mass is 16.3. The Kier molecular flexibility index (Phi) is 4.24. The third kappa shape index (κ3) is 2.46. The van der Waals surface area contributed by atoms with Crippen molar-refractivity contribution in [3.63, 3.8) is 0 Å². The summed E-state index contributed by atoms with van der Waals surface area (Å²) in [5.41, 5.74) is 2.79. The molecule has 0 aliphatic rings. The van der Waals surface area contributed by atoms with Crippen LogP contribution < -0.4 is 0 Å². The Morgan fingerprint density at radius 2 is 1.71 bits per heavy atom. The molecule has 3 aromatic rings. The van der Waals surface area contributed by atoms with E-state index in [1.165, 1.54) is 0 Å². The van der Waals surface area contributed by atoms with Crippen LogP contribution in [0.15, 0.2) is 42.5 Å². The lowest BCUT2D eigenvalue weighted by Crippen LogP contribution is -1.92. The van der Waals surface area contributed by atoms with Gasteiger partial charge in [-0.15, -0.1) is 0 Å². The predicted molar refractivity (Wildman–Crippen MR) is 83.9 cm³/mol. The van der Waals surface area contributed by atoms with E-state index in [1.807, 2.05) is 44.2 Å². The van der Waals surface area contributed by atoms with Crippen molar-refractivity contribution in [2.45, 2.75) is 13.8 Å². The van der Waals surface area contributed by atoms with Crippen LogP contribution in [0.5, 0.6) is 5.75 Å². The van der Waals surface area contributed by atoms with Gasteiger partial charge in [-0.3, -0.25) is 4.68 Å². The van der Waals surface area contributed by atoms with E-state index in [4.69, 9.17) is 5.26 Å². The first-order valence-electron chi connectivity index (χ1n) is 6.86. The van der Waals surface area contributed by atoms with E-state index >= 15 is 0 Å². The molecule has 2 aromatic carbocycles. The fraction of sp³-hybridized carbons (Fsp3) is 0.176. The maximum absolute atomic E-state index is 9.96. The van der Waals surface area contributed by atoms with Crippen molar-refractivity contribution in [2.75, 3.05) is 0 Å². The van der Waals surface area contributed by atoms with E-state index < -0.39 is 0 Å². The summed E-state index contributed by atoms with van der Waals surface area (Å²) >= 11 is 0. The smallest absolute Gasteiger partial charge is 0.146 e. The van der Waals surface area contributed by atoms with E-state index in [9.17, 15) is 5.11 Å². The standard InChI is InChI=1S/C15H11N3O.C2H6/c1-18-13(9-16)12-7-4-6-11(15(12)17-18)10-5-2-3-8-14(10)19;1-2/h2-8,19H,1H3;1-2H3. The zero-order chi connectivity index (χ0) is 15.4. The fourth-order valence-corrected chi connectivity index (χ4v) is 2.27. The highest BCUT2D eigenvalue weighted by Crippen LogP contribution is 2.34. The van der Waals surface area contributed by atoms with Crippen LogP contribution in [0.2, 0.25) is 0 Å². The van der Waals surface area contributed by atoms with Gasteiger partial charge in [0.15, 0.2) is 0 Å². The molecular formula is C17H17N3O. The molecule has 106 valence electrons. The maximum atomic E-state index is 9.96. The zero-order valence-electron chi connectivity index (χ0n) is 12.3. The van der Waals surface area contributed by atoms with Crippen LogP contribution in [0.25, 0.3) is 22.0 Å². The van der Waals surface area contributed by atoms with Gasteiger partial charge in [0, 0.05) is 23.6 Å². The molecule has 4 heteroatoms. The topological polar surface area (TPSA) is 61.8 Å². The second kappa shape index (κ2) is 6.10. The SMILES string of the molecule is CC.Cn1nc2c(-c3ccccc3O)cccc2c1C#N. The number of aromatic hydroxyl groups is 1. The van der Waals surface area contributed by atoms with Gasteiger partial charge in [-0.25, -0.2) is 0 Å². The second-order valence-electron chi connectivity index (χ2n) is 4.30. The first kappa shape index (κ1) is 14.6. The molecule has 0 spiro atoms. The Hall–Kier alpha value is -2.80. The summed E-state index contributed by atoms with van der Waals surface area (Å²) in [6.45, 7) is 4.00. The summed E-state index contributed by atoms with van der Waals surface area (Å²) in [5.74, 6) is 0.208. The summed E-state index contributed by atoms with van der Waals surface area (Å²) in [5, 5.41) is 24.3. The van der Waals surface area contributed by atoms with Crippen molar-refractivity contribution in [1.29, 1.82) is 5.26 Å². The molecule has 0 saturated carbocycles. The van der Waals surface area contributed by atoms with Gasteiger partial charge in [-0.1, -0.05) is 44.2 Å². The van der Waals surface area contributed by atoms with Crippen molar-refractivity contribution in [2.24, 2.45) is 7.05 Å². The third-order valence-corrected chi connectivity index (χ3v) is 3.16. The van der Waals surface area contributed by atoms with Gasteiger partial charge in [0.25, 0.3) is 0 Å². The maximum Gasteiger partial charge on any atom is 0.146 e. The molecule has 0 aliphatic heterocycles. The molecule has 1 N–H and O–H groups in total. The molecule has 3 rings (SSSR count). The van der Waals surface area contributed by atoms with Crippen LogP contribution in [0, 0.1) is 11.3 Å². The number of phenolic OH excluding ortho intramolecular Hbond substituents is 1. The molecule has 0 aliphatic carbocycles. The lowest BCUT2D eigenvalue weighted by molar-refractivity contribution is 0.477. The summed E-state index contributed by atoms with van der Waals surface area (Å²) in [7, 11) is 1.74. The van der Waals surface area contributed by atoms with Crippen molar-refractivity contribution in [3.05, 3.63) is 48.2 Å². The molecular weight excluding hydrogens is 262 g/mol. The molecule has 0 radical (unpaired) electrons.